The third-order valence-corrected chi connectivity index (χ3v) is 2.79. The number of aromatic nitrogens is 3. The van der Waals surface area contributed by atoms with Gasteiger partial charge in [-0.3, -0.25) is 10.1 Å². The van der Waals surface area contributed by atoms with Crippen LogP contribution < -0.4 is 5.73 Å². The monoisotopic (exact) mass is 252 g/mol. The maximum absolute atomic E-state index is 5.53. The minimum absolute atomic E-state index is 0.443. The molecule has 0 fully saturated rings. The van der Waals surface area contributed by atoms with Crippen LogP contribution in [0.1, 0.15) is 5.69 Å². The molecule has 5 heteroatoms. The van der Waals surface area contributed by atoms with Gasteiger partial charge in [0.15, 0.2) is 0 Å². The lowest BCUT2D eigenvalue weighted by molar-refractivity contribution is 0.945. The molecule has 2 aromatic rings. The fourth-order valence-electron chi connectivity index (χ4n) is 1.20. The molecular weight excluding hydrogens is 244 g/mol. The minimum atomic E-state index is 0.443. The molecule has 0 saturated carbocycles. The molecule has 0 aromatic carbocycles. The van der Waals surface area contributed by atoms with Crippen molar-refractivity contribution in [2.45, 2.75) is 6.54 Å². The van der Waals surface area contributed by atoms with Crippen molar-refractivity contribution >= 4 is 15.9 Å². The highest BCUT2D eigenvalue weighted by Crippen LogP contribution is 2.27. The van der Waals surface area contributed by atoms with Crippen molar-refractivity contribution in [3.05, 3.63) is 34.7 Å². The first-order valence-electron chi connectivity index (χ1n) is 4.16. The van der Waals surface area contributed by atoms with Crippen LogP contribution >= 0.6 is 15.9 Å². The molecule has 0 unspecified atom stereocenters. The molecule has 0 aliphatic rings. The first-order chi connectivity index (χ1) is 6.83. The fraction of sp³-hybridized carbons (Fsp3) is 0.111. The van der Waals surface area contributed by atoms with E-state index in [2.05, 4.69) is 31.1 Å². The van der Waals surface area contributed by atoms with Crippen LogP contribution in [0.15, 0.2) is 29.0 Å². The summed E-state index contributed by atoms with van der Waals surface area (Å²) in [6, 6.07) is 3.81. The van der Waals surface area contributed by atoms with Gasteiger partial charge in [0.2, 0.25) is 0 Å². The normalized spacial score (nSPS) is 10.4. The Hall–Kier alpha value is -1.20. The van der Waals surface area contributed by atoms with E-state index in [4.69, 9.17) is 5.73 Å². The zero-order valence-electron chi connectivity index (χ0n) is 7.37. The molecule has 0 saturated heterocycles. The summed E-state index contributed by atoms with van der Waals surface area (Å²) in [6.45, 7) is 0.443. The number of nitrogens with one attached hydrogen (secondary N) is 1. The van der Waals surface area contributed by atoms with Gasteiger partial charge < -0.3 is 5.73 Å². The molecule has 72 valence electrons. The number of aromatic amines is 1. The van der Waals surface area contributed by atoms with Crippen molar-refractivity contribution in [3.8, 4) is 11.3 Å². The molecule has 0 bridgehead atoms. The summed E-state index contributed by atoms with van der Waals surface area (Å²) < 4.78 is 0.922. The van der Waals surface area contributed by atoms with E-state index in [1.54, 1.807) is 12.4 Å². The fourth-order valence-corrected chi connectivity index (χ4v) is 1.77. The molecule has 14 heavy (non-hydrogen) atoms. The smallest absolute Gasteiger partial charge is 0.107 e. The third kappa shape index (κ3) is 1.56. The van der Waals surface area contributed by atoms with Crippen LogP contribution in [0.3, 0.4) is 0 Å². The van der Waals surface area contributed by atoms with Gasteiger partial charge >= 0.3 is 0 Å². The van der Waals surface area contributed by atoms with Crippen molar-refractivity contribution < 1.29 is 0 Å². The van der Waals surface area contributed by atoms with Crippen molar-refractivity contribution in [1.82, 2.24) is 15.2 Å². The quantitative estimate of drug-likeness (QED) is 0.855. The summed E-state index contributed by atoms with van der Waals surface area (Å²) in [6.07, 6.45) is 3.47. The van der Waals surface area contributed by atoms with E-state index in [1.807, 2.05) is 12.1 Å². The summed E-state index contributed by atoms with van der Waals surface area (Å²) in [5, 5.41) is 7.06. The Morgan fingerprint density at radius 1 is 1.36 bits per heavy atom. The Morgan fingerprint density at radius 3 is 2.64 bits per heavy atom. The van der Waals surface area contributed by atoms with E-state index >= 15 is 0 Å². The standard InChI is InChI=1S/C9H9BrN4/c10-8-7(5-11)13-14-9(8)6-1-3-12-4-2-6/h1-4H,5,11H2,(H,13,14). The molecule has 2 rings (SSSR count). The Morgan fingerprint density at radius 2 is 2.07 bits per heavy atom. The van der Waals surface area contributed by atoms with Gasteiger partial charge in [-0.2, -0.15) is 5.10 Å². The minimum Gasteiger partial charge on any atom is -0.325 e. The Kier molecular flexibility index (Phi) is 2.60. The van der Waals surface area contributed by atoms with Gasteiger partial charge in [0, 0.05) is 24.5 Å². The van der Waals surface area contributed by atoms with Crippen molar-refractivity contribution in [3.63, 3.8) is 0 Å². The number of nitrogens with zero attached hydrogens (tertiary/aromatic N) is 2. The number of hydrogen-bond donors (Lipinski definition) is 2. The van der Waals surface area contributed by atoms with Gasteiger partial charge in [-0.05, 0) is 28.1 Å². The predicted molar refractivity (Wildman–Crippen MR) is 57.4 cm³/mol. The Balaban J connectivity index is 2.48. The highest BCUT2D eigenvalue weighted by atomic mass is 79.9. The maximum atomic E-state index is 5.53. The van der Waals surface area contributed by atoms with Gasteiger partial charge in [0.05, 0.1) is 10.2 Å². The SMILES string of the molecule is NCc1[nH]nc(-c2ccncc2)c1Br. The Labute approximate surface area is 89.7 Å². The lowest BCUT2D eigenvalue weighted by Crippen LogP contribution is -1.96. The van der Waals surface area contributed by atoms with E-state index < -0.39 is 0 Å². The molecule has 2 aromatic heterocycles. The number of hydrogen-bond acceptors (Lipinski definition) is 3. The van der Waals surface area contributed by atoms with Crippen molar-refractivity contribution in [2.24, 2.45) is 5.73 Å². The first-order valence-corrected chi connectivity index (χ1v) is 4.95. The van der Waals surface area contributed by atoms with Gasteiger partial charge in [0.1, 0.15) is 5.69 Å². The lowest BCUT2D eigenvalue weighted by Gasteiger charge is -1.96. The van der Waals surface area contributed by atoms with Crippen molar-refractivity contribution in [2.75, 3.05) is 0 Å². The number of H-pyrrole nitrogens is 1. The topological polar surface area (TPSA) is 67.6 Å². The average molecular weight is 253 g/mol. The van der Waals surface area contributed by atoms with Crippen LogP contribution in [0.5, 0.6) is 0 Å². The third-order valence-electron chi connectivity index (χ3n) is 1.93. The van der Waals surface area contributed by atoms with Gasteiger partial charge in [-0.25, -0.2) is 0 Å². The summed E-state index contributed by atoms with van der Waals surface area (Å²) in [4.78, 5) is 3.95. The summed E-state index contributed by atoms with van der Waals surface area (Å²) in [7, 11) is 0. The summed E-state index contributed by atoms with van der Waals surface area (Å²) in [5.41, 5.74) is 8.31. The van der Waals surface area contributed by atoms with E-state index in [0.717, 1.165) is 21.4 Å². The number of halogens is 1. The molecule has 0 atom stereocenters. The molecule has 0 spiro atoms. The van der Waals surface area contributed by atoms with E-state index in [1.165, 1.54) is 0 Å². The number of pyridine rings is 1. The highest BCUT2D eigenvalue weighted by Gasteiger charge is 2.10. The highest BCUT2D eigenvalue weighted by molar-refractivity contribution is 9.10. The largest absolute Gasteiger partial charge is 0.325 e. The van der Waals surface area contributed by atoms with E-state index in [0.29, 0.717) is 6.54 Å². The van der Waals surface area contributed by atoms with Crippen LogP contribution in [0.25, 0.3) is 11.3 Å². The molecule has 2 heterocycles. The van der Waals surface area contributed by atoms with Crippen LogP contribution in [0, 0.1) is 0 Å². The van der Waals surface area contributed by atoms with E-state index in [9.17, 15) is 0 Å². The molecule has 0 amide bonds. The molecule has 4 nitrogen and oxygen atoms in total. The molecule has 3 N–H and O–H groups in total. The molecular formula is C9H9BrN4. The molecule has 0 aliphatic heterocycles. The maximum Gasteiger partial charge on any atom is 0.107 e. The second-order valence-electron chi connectivity index (χ2n) is 2.80. The molecule has 0 radical (unpaired) electrons. The van der Waals surface area contributed by atoms with Crippen molar-refractivity contribution in [1.29, 1.82) is 0 Å². The lowest BCUT2D eigenvalue weighted by atomic mass is 10.2. The van der Waals surface area contributed by atoms with Gasteiger partial charge in [-0.1, -0.05) is 0 Å². The second-order valence-corrected chi connectivity index (χ2v) is 3.60. The van der Waals surface area contributed by atoms with Crippen LogP contribution in [-0.2, 0) is 6.54 Å². The summed E-state index contributed by atoms with van der Waals surface area (Å²) in [5.74, 6) is 0. The number of rotatable bonds is 2. The van der Waals surface area contributed by atoms with Crippen LogP contribution in [-0.4, -0.2) is 15.2 Å². The average Bonchev–Trinajstić information content (AvgIpc) is 2.61. The molecule has 0 aliphatic carbocycles. The van der Waals surface area contributed by atoms with E-state index in [-0.39, 0.29) is 0 Å². The van der Waals surface area contributed by atoms with Gasteiger partial charge in [-0.15, -0.1) is 0 Å². The van der Waals surface area contributed by atoms with Crippen LogP contribution in [0.4, 0.5) is 0 Å². The number of nitrogens with two attached hydrogens (primary N) is 1. The predicted octanol–water partition coefficient (Wildman–Crippen LogP) is 1.69. The summed E-state index contributed by atoms with van der Waals surface area (Å²) >= 11 is 3.45. The zero-order valence-corrected chi connectivity index (χ0v) is 8.95. The first kappa shape index (κ1) is 9.36. The Bertz CT molecular complexity index is 424. The van der Waals surface area contributed by atoms with Gasteiger partial charge in [0.25, 0.3) is 0 Å². The van der Waals surface area contributed by atoms with Crippen LogP contribution in [0.2, 0.25) is 0 Å². The zero-order chi connectivity index (χ0) is 9.97. The second kappa shape index (κ2) is 3.89.